The van der Waals surface area contributed by atoms with Crippen LogP contribution in [0.2, 0.25) is 0 Å². The van der Waals surface area contributed by atoms with E-state index in [4.69, 9.17) is 12.2 Å². The summed E-state index contributed by atoms with van der Waals surface area (Å²) in [5.74, 6) is 1.08. The van der Waals surface area contributed by atoms with Crippen molar-refractivity contribution in [2.75, 3.05) is 12.8 Å². The lowest BCUT2D eigenvalue weighted by Crippen LogP contribution is -2.21. The second kappa shape index (κ2) is 3.68. The predicted octanol–water partition coefficient (Wildman–Crippen LogP) is 2.69. The molecule has 0 spiro atoms. The van der Waals surface area contributed by atoms with Crippen molar-refractivity contribution < 1.29 is 0 Å². The van der Waals surface area contributed by atoms with Gasteiger partial charge in [0.15, 0.2) is 0 Å². The van der Waals surface area contributed by atoms with Crippen molar-refractivity contribution in [3.05, 3.63) is 35.9 Å². The van der Waals surface area contributed by atoms with E-state index in [1.54, 1.807) is 11.8 Å². The van der Waals surface area contributed by atoms with Gasteiger partial charge in [-0.1, -0.05) is 54.3 Å². The monoisotopic (exact) mass is 209 g/mol. The molecule has 68 valence electrons. The molecule has 0 aliphatic carbocycles. The minimum absolute atomic E-state index is 0.471. The lowest BCUT2D eigenvalue weighted by Gasteiger charge is -2.20. The zero-order valence-corrected chi connectivity index (χ0v) is 9.07. The third-order valence-corrected chi connectivity index (χ3v) is 3.96. The van der Waals surface area contributed by atoms with Crippen LogP contribution < -0.4 is 0 Å². The van der Waals surface area contributed by atoms with Crippen LogP contribution in [-0.2, 0) is 0 Å². The summed E-state index contributed by atoms with van der Waals surface area (Å²) in [6.07, 6.45) is 0. The van der Waals surface area contributed by atoms with E-state index in [1.807, 2.05) is 6.07 Å². The molecule has 1 aromatic carbocycles. The smallest absolute Gasteiger partial charge is 0.136 e. The van der Waals surface area contributed by atoms with Gasteiger partial charge in [0.05, 0.1) is 6.04 Å². The number of nitrogens with zero attached hydrogens (tertiary/aromatic N) is 1. The quantitative estimate of drug-likeness (QED) is 0.655. The average molecular weight is 209 g/mol. The van der Waals surface area contributed by atoms with E-state index in [9.17, 15) is 0 Å². The first-order valence-electron chi connectivity index (χ1n) is 4.23. The molecule has 1 atom stereocenters. The number of hydrogen-bond acceptors (Lipinski definition) is 2. The molecule has 1 heterocycles. The van der Waals surface area contributed by atoms with Gasteiger partial charge in [0.1, 0.15) is 4.32 Å². The summed E-state index contributed by atoms with van der Waals surface area (Å²) in [5.41, 5.74) is 1.36. The molecule has 0 saturated carbocycles. The third kappa shape index (κ3) is 1.71. The molecule has 1 aromatic rings. The van der Waals surface area contributed by atoms with Crippen LogP contribution in [0, 0.1) is 0 Å². The van der Waals surface area contributed by atoms with Crippen molar-refractivity contribution in [3.8, 4) is 0 Å². The maximum Gasteiger partial charge on any atom is 0.136 e. The van der Waals surface area contributed by atoms with Crippen molar-refractivity contribution in [3.63, 3.8) is 0 Å². The largest absolute Gasteiger partial charge is 0.353 e. The first kappa shape index (κ1) is 9.03. The lowest BCUT2D eigenvalue weighted by molar-refractivity contribution is 0.433. The Balaban J connectivity index is 2.24. The van der Waals surface area contributed by atoms with Gasteiger partial charge >= 0.3 is 0 Å². The molecule has 0 unspecified atom stereocenters. The Labute approximate surface area is 88.1 Å². The summed E-state index contributed by atoms with van der Waals surface area (Å²) in [7, 11) is 2.07. The van der Waals surface area contributed by atoms with Gasteiger partial charge < -0.3 is 4.90 Å². The minimum Gasteiger partial charge on any atom is -0.353 e. The van der Waals surface area contributed by atoms with Gasteiger partial charge in [-0.05, 0) is 5.56 Å². The van der Waals surface area contributed by atoms with Crippen LogP contribution in [-0.4, -0.2) is 22.0 Å². The number of thiocarbonyl (C=S) groups is 1. The molecular weight excluding hydrogens is 198 g/mol. The highest BCUT2D eigenvalue weighted by atomic mass is 32.2. The first-order chi connectivity index (χ1) is 6.29. The molecule has 1 fully saturated rings. The molecule has 0 aromatic heterocycles. The molecule has 3 heteroatoms. The van der Waals surface area contributed by atoms with Gasteiger partial charge in [-0.2, -0.15) is 0 Å². The van der Waals surface area contributed by atoms with Crippen molar-refractivity contribution in [2.45, 2.75) is 6.04 Å². The van der Waals surface area contributed by atoms with Crippen LogP contribution in [0.15, 0.2) is 30.3 Å². The van der Waals surface area contributed by atoms with E-state index in [1.165, 1.54) is 5.56 Å². The fourth-order valence-electron chi connectivity index (χ4n) is 1.49. The highest BCUT2D eigenvalue weighted by molar-refractivity contribution is 8.23. The predicted molar refractivity (Wildman–Crippen MR) is 62.0 cm³/mol. The van der Waals surface area contributed by atoms with Gasteiger partial charge in [0.25, 0.3) is 0 Å². The molecule has 2 rings (SSSR count). The van der Waals surface area contributed by atoms with Crippen molar-refractivity contribution in [1.82, 2.24) is 4.90 Å². The maximum absolute atomic E-state index is 5.21. The SMILES string of the molecule is CN1C(=S)SC[C@@H]1c1ccccc1. The normalized spacial score (nSPS) is 22.4. The second-order valence-electron chi connectivity index (χ2n) is 3.11. The van der Waals surface area contributed by atoms with Gasteiger partial charge in [0.2, 0.25) is 0 Å². The van der Waals surface area contributed by atoms with Crippen LogP contribution >= 0.6 is 24.0 Å². The van der Waals surface area contributed by atoms with Crippen LogP contribution in [0.3, 0.4) is 0 Å². The molecule has 13 heavy (non-hydrogen) atoms. The van der Waals surface area contributed by atoms with E-state index in [0.717, 1.165) is 10.1 Å². The molecule has 0 amide bonds. The number of hydrogen-bond donors (Lipinski definition) is 0. The van der Waals surface area contributed by atoms with Crippen molar-refractivity contribution >= 4 is 28.3 Å². The Morgan fingerprint density at radius 2 is 2.08 bits per heavy atom. The number of rotatable bonds is 1. The van der Waals surface area contributed by atoms with E-state index >= 15 is 0 Å². The molecule has 1 aliphatic rings. The third-order valence-electron chi connectivity index (χ3n) is 2.30. The first-order valence-corrected chi connectivity index (χ1v) is 5.63. The fourth-order valence-corrected chi connectivity index (χ4v) is 2.86. The molecule has 1 saturated heterocycles. The molecule has 0 N–H and O–H groups in total. The Kier molecular flexibility index (Phi) is 2.56. The summed E-state index contributed by atoms with van der Waals surface area (Å²) < 4.78 is 1.01. The number of thioether (sulfide) groups is 1. The highest BCUT2D eigenvalue weighted by Gasteiger charge is 2.26. The summed E-state index contributed by atoms with van der Waals surface area (Å²) in [4.78, 5) is 2.18. The van der Waals surface area contributed by atoms with Crippen molar-refractivity contribution in [2.24, 2.45) is 0 Å². The van der Waals surface area contributed by atoms with Crippen LogP contribution in [0.4, 0.5) is 0 Å². The van der Waals surface area contributed by atoms with Crippen LogP contribution in [0.5, 0.6) is 0 Å². The fraction of sp³-hybridized carbons (Fsp3) is 0.300. The summed E-state index contributed by atoms with van der Waals surface area (Å²) in [5, 5.41) is 0. The molecule has 0 bridgehead atoms. The lowest BCUT2D eigenvalue weighted by atomic mass is 10.1. The topological polar surface area (TPSA) is 3.24 Å². The van der Waals surface area contributed by atoms with Gasteiger partial charge in [-0.3, -0.25) is 0 Å². The molecule has 1 nitrogen and oxygen atoms in total. The minimum atomic E-state index is 0.471. The number of benzene rings is 1. The van der Waals surface area contributed by atoms with E-state index in [0.29, 0.717) is 6.04 Å². The van der Waals surface area contributed by atoms with E-state index in [-0.39, 0.29) is 0 Å². The maximum atomic E-state index is 5.21. The molecular formula is C10H11NS2. The standard InChI is InChI=1S/C10H11NS2/c1-11-9(7-13-10(11)12)8-5-3-2-4-6-8/h2-6,9H,7H2,1H3/t9-/m1/s1. The van der Waals surface area contributed by atoms with Gasteiger partial charge in [-0.15, -0.1) is 0 Å². The van der Waals surface area contributed by atoms with Gasteiger partial charge in [0, 0.05) is 12.8 Å². The van der Waals surface area contributed by atoms with Gasteiger partial charge in [-0.25, -0.2) is 0 Å². The molecule has 0 radical (unpaired) electrons. The van der Waals surface area contributed by atoms with Crippen LogP contribution in [0.1, 0.15) is 11.6 Å². The summed E-state index contributed by atoms with van der Waals surface area (Å²) in [6.45, 7) is 0. The Hall–Kier alpha value is -0.540. The summed E-state index contributed by atoms with van der Waals surface area (Å²) >= 11 is 6.97. The average Bonchev–Trinajstić information content (AvgIpc) is 2.49. The molecule has 1 aliphatic heterocycles. The zero-order chi connectivity index (χ0) is 9.26. The summed E-state index contributed by atoms with van der Waals surface area (Å²) in [6, 6.07) is 11.0. The Morgan fingerprint density at radius 3 is 2.62 bits per heavy atom. The van der Waals surface area contributed by atoms with Crippen molar-refractivity contribution in [1.29, 1.82) is 0 Å². The Bertz CT molecular complexity index is 310. The van der Waals surface area contributed by atoms with E-state index in [2.05, 4.69) is 36.2 Å². The van der Waals surface area contributed by atoms with Crippen LogP contribution in [0.25, 0.3) is 0 Å². The highest BCUT2D eigenvalue weighted by Crippen LogP contribution is 2.33. The second-order valence-corrected chi connectivity index (χ2v) is 4.77. The Morgan fingerprint density at radius 1 is 1.38 bits per heavy atom. The van der Waals surface area contributed by atoms with E-state index < -0.39 is 0 Å². The zero-order valence-electron chi connectivity index (χ0n) is 7.43.